The Morgan fingerprint density at radius 2 is 2.19 bits per heavy atom. The summed E-state index contributed by atoms with van der Waals surface area (Å²) in [5, 5.41) is 10.1. The molecule has 1 N–H and O–H groups in total. The van der Waals surface area contributed by atoms with Crippen molar-refractivity contribution in [3.05, 3.63) is 67.0 Å². The highest BCUT2D eigenvalue weighted by molar-refractivity contribution is 5.28. The molecule has 16 heavy (non-hydrogen) atoms. The van der Waals surface area contributed by atoms with E-state index in [0.29, 0.717) is 0 Å². The Kier molecular flexibility index (Phi) is 4.67. The van der Waals surface area contributed by atoms with E-state index in [1.54, 1.807) is 24.4 Å². The predicted octanol–water partition coefficient (Wildman–Crippen LogP) is 2.84. The Labute approximate surface area is 96.7 Å². The maximum Gasteiger partial charge on any atom is 0.0870 e. The molecule has 84 valence electrons. The minimum absolute atomic E-state index is 0.0644. The van der Waals surface area contributed by atoms with E-state index in [-0.39, 0.29) is 5.92 Å². The Bertz CT molecular complexity index is 381. The van der Waals surface area contributed by atoms with E-state index < -0.39 is 6.10 Å². The molecule has 0 saturated heterocycles. The number of hydrogen-bond donors (Lipinski definition) is 1. The molecule has 0 bridgehead atoms. The molecule has 0 spiro atoms. The van der Waals surface area contributed by atoms with E-state index in [0.717, 1.165) is 11.3 Å². The van der Waals surface area contributed by atoms with Crippen molar-refractivity contribution in [1.29, 1.82) is 0 Å². The molecule has 0 fully saturated rings. The van der Waals surface area contributed by atoms with E-state index in [4.69, 9.17) is 0 Å². The van der Waals surface area contributed by atoms with Crippen LogP contribution < -0.4 is 0 Å². The van der Waals surface area contributed by atoms with Gasteiger partial charge in [0.2, 0.25) is 0 Å². The first kappa shape index (κ1) is 12.4. The third-order valence-corrected chi connectivity index (χ3v) is 2.52. The van der Waals surface area contributed by atoms with E-state index in [1.807, 2.05) is 25.1 Å². The van der Waals surface area contributed by atoms with Gasteiger partial charge in [-0.15, -0.1) is 0 Å². The molecule has 2 unspecified atom stereocenters. The lowest BCUT2D eigenvalue weighted by Crippen LogP contribution is -2.18. The minimum Gasteiger partial charge on any atom is -0.388 e. The van der Waals surface area contributed by atoms with Crippen LogP contribution in [0.3, 0.4) is 0 Å². The first-order valence-corrected chi connectivity index (χ1v) is 5.24. The third-order valence-electron chi connectivity index (χ3n) is 2.52. The van der Waals surface area contributed by atoms with Gasteiger partial charge in [-0.2, -0.15) is 0 Å². The number of rotatable bonds is 5. The zero-order valence-electron chi connectivity index (χ0n) is 9.50. The number of hydrogen-bond acceptors (Lipinski definition) is 2. The second kappa shape index (κ2) is 6.03. The lowest BCUT2D eigenvalue weighted by molar-refractivity contribution is 0.187. The summed E-state index contributed by atoms with van der Waals surface area (Å²) in [7, 11) is 0. The quantitative estimate of drug-likeness (QED) is 0.766. The monoisotopic (exact) mass is 215 g/mol. The molecule has 1 rings (SSSR count). The maximum atomic E-state index is 10.1. The highest BCUT2D eigenvalue weighted by atomic mass is 16.3. The molecular weight excluding hydrogens is 198 g/mol. The summed E-state index contributed by atoms with van der Waals surface area (Å²) in [6, 6.07) is 5.68. The lowest BCUT2D eigenvalue weighted by atomic mass is 9.93. The number of aliphatic hydroxyl groups is 1. The largest absolute Gasteiger partial charge is 0.388 e. The van der Waals surface area contributed by atoms with Crippen molar-refractivity contribution in [2.75, 3.05) is 0 Å². The molecule has 0 aliphatic heterocycles. The fourth-order valence-corrected chi connectivity index (χ4v) is 1.52. The van der Waals surface area contributed by atoms with E-state index in [1.165, 1.54) is 0 Å². The van der Waals surface area contributed by atoms with Crippen LogP contribution in [0.15, 0.2) is 61.4 Å². The molecule has 0 aliphatic rings. The van der Waals surface area contributed by atoms with Crippen LogP contribution in [0.2, 0.25) is 0 Å². The smallest absolute Gasteiger partial charge is 0.0870 e. The van der Waals surface area contributed by atoms with Crippen molar-refractivity contribution >= 4 is 0 Å². The second-order valence-corrected chi connectivity index (χ2v) is 3.59. The SMILES string of the molecule is C=C/C=C(\C=C)C(O)C(C)c1ccccn1. The molecule has 0 saturated carbocycles. The van der Waals surface area contributed by atoms with Crippen LogP contribution in [0.25, 0.3) is 0 Å². The molecule has 1 heterocycles. The van der Waals surface area contributed by atoms with Crippen molar-refractivity contribution in [2.45, 2.75) is 18.9 Å². The normalized spacial score (nSPS) is 15.2. The topological polar surface area (TPSA) is 33.1 Å². The van der Waals surface area contributed by atoms with Gasteiger partial charge < -0.3 is 5.11 Å². The molecule has 2 nitrogen and oxygen atoms in total. The first-order valence-electron chi connectivity index (χ1n) is 5.24. The van der Waals surface area contributed by atoms with Crippen molar-refractivity contribution in [2.24, 2.45) is 0 Å². The summed E-state index contributed by atoms with van der Waals surface area (Å²) in [5.41, 5.74) is 1.62. The molecule has 0 amide bonds. The standard InChI is InChI=1S/C14H17NO/c1-4-8-12(5-2)14(16)11(3)13-9-6-7-10-15-13/h4-11,14,16H,1-2H2,3H3/b12-8+. The van der Waals surface area contributed by atoms with Gasteiger partial charge in [-0.25, -0.2) is 0 Å². The molecule has 0 radical (unpaired) electrons. The summed E-state index contributed by atoms with van der Waals surface area (Å²) in [5.74, 6) is -0.0644. The van der Waals surface area contributed by atoms with Gasteiger partial charge in [-0.3, -0.25) is 4.98 Å². The van der Waals surface area contributed by atoms with Gasteiger partial charge in [0.25, 0.3) is 0 Å². The van der Waals surface area contributed by atoms with Crippen LogP contribution in [0.1, 0.15) is 18.5 Å². The van der Waals surface area contributed by atoms with E-state index >= 15 is 0 Å². The van der Waals surface area contributed by atoms with Gasteiger partial charge in [-0.1, -0.05) is 44.4 Å². The zero-order valence-corrected chi connectivity index (χ0v) is 9.50. The lowest BCUT2D eigenvalue weighted by Gasteiger charge is -2.19. The molecule has 0 aromatic carbocycles. The Hall–Kier alpha value is -1.67. The molecule has 1 aromatic heterocycles. The summed E-state index contributed by atoms with van der Waals surface area (Å²) in [4.78, 5) is 4.23. The Morgan fingerprint density at radius 3 is 2.69 bits per heavy atom. The van der Waals surface area contributed by atoms with Gasteiger partial charge in [0.05, 0.1) is 6.10 Å². The number of pyridine rings is 1. The third kappa shape index (κ3) is 2.91. The fraction of sp³-hybridized carbons (Fsp3) is 0.214. The zero-order chi connectivity index (χ0) is 12.0. The summed E-state index contributed by atoms with van der Waals surface area (Å²) >= 11 is 0. The van der Waals surface area contributed by atoms with Gasteiger partial charge in [-0.05, 0) is 17.7 Å². The average molecular weight is 215 g/mol. The molecule has 2 heteroatoms. The summed E-state index contributed by atoms with van der Waals surface area (Å²) < 4.78 is 0. The van der Waals surface area contributed by atoms with Crippen molar-refractivity contribution in [1.82, 2.24) is 4.98 Å². The highest BCUT2D eigenvalue weighted by Gasteiger charge is 2.19. The fourth-order valence-electron chi connectivity index (χ4n) is 1.52. The Morgan fingerprint density at radius 1 is 1.44 bits per heavy atom. The van der Waals surface area contributed by atoms with Gasteiger partial charge in [0.1, 0.15) is 0 Å². The van der Waals surface area contributed by atoms with Crippen LogP contribution in [-0.2, 0) is 0 Å². The summed E-state index contributed by atoms with van der Waals surface area (Å²) in [6.07, 6.45) is 6.17. The average Bonchev–Trinajstić information content (AvgIpc) is 2.35. The predicted molar refractivity (Wildman–Crippen MR) is 67.1 cm³/mol. The first-order chi connectivity index (χ1) is 7.70. The van der Waals surface area contributed by atoms with E-state index in [2.05, 4.69) is 18.1 Å². The number of aromatic nitrogens is 1. The number of aliphatic hydroxyl groups excluding tert-OH is 1. The molecular formula is C14H17NO. The summed E-state index contributed by atoms with van der Waals surface area (Å²) in [6.45, 7) is 9.23. The van der Waals surface area contributed by atoms with Crippen molar-refractivity contribution in [3.8, 4) is 0 Å². The van der Waals surface area contributed by atoms with Gasteiger partial charge >= 0.3 is 0 Å². The molecule has 0 aliphatic carbocycles. The van der Waals surface area contributed by atoms with Crippen LogP contribution in [0.4, 0.5) is 0 Å². The maximum absolute atomic E-state index is 10.1. The van der Waals surface area contributed by atoms with Gasteiger partial charge in [0.15, 0.2) is 0 Å². The van der Waals surface area contributed by atoms with Crippen molar-refractivity contribution < 1.29 is 5.11 Å². The minimum atomic E-state index is -0.606. The molecule has 1 aromatic rings. The molecule has 2 atom stereocenters. The van der Waals surface area contributed by atoms with Crippen molar-refractivity contribution in [3.63, 3.8) is 0 Å². The van der Waals surface area contributed by atoms with Crippen LogP contribution in [0.5, 0.6) is 0 Å². The van der Waals surface area contributed by atoms with Crippen LogP contribution >= 0.6 is 0 Å². The number of nitrogens with zero attached hydrogens (tertiary/aromatic N) is 1. The highest BCUT2D eigenvalue weighted by Crippen LogP contribution is 2.22. The van der Waals surface area contributed by atoms with Crippen LogP contribution in [-0.4, -0.2) is 16.2 Å². The van der Waals surface area contributed by atoms with Gasteiger partial charge in [0, 0.05) is 17.8 Å². The van der Waals surface area contributed by atoms with E-state index in [9.17, 15) is 5.11 Å². The van der Waals surface area contributed by atoms with Crippen LogP contribution in [0, 0.1) is 0 Å². The Balaban J connectivity index is 2.89. The second-order valence-electron chi connectivity index (χ2n) is 3.59. The number of allylic oxidation sites excluding steroid dienone is 2.